The van der Waals surface area contributed by atoms with Crippen LogP contribution in [-0.4, -0.2) is 28.7 Å². The van der Waals surface area contributed by atoms with Gasteiger partial charge in [0.1, 0.15) is 0 Å². The molecule has 0 bridgehead atoms. The molecule has 2 N–H and O–H groups in total. The highest BCUT2D eigenvalue weighted by atomic mass is 16.6. The number of aliphatic hydroxyl groups excluding tert-OH is 1. The molecule has 0 saturated carbocycles. The zero-order chi connectivity index (χ0) is 12.4. The molecule has 0 aliphatic heterocycles. The highest BCUT2D eigenvalue weighted by Crippen LogP contribution is 2.19. The van der Waals surface area contributed by atoms with Gasteiger partial charge in [0.2, 0.25) is 0 Å². The Hall–Kier alpha value is -0.120. The molecule has 0 radical (unpaired) electrons. The maximum atomic E-state index is 9.92. The van der Waals surface area contributed by atoms with Gasteiger partial charge in [0, 0.05) is 6.42 Å². The van der Waals surface area contributed by atoms with E-state index in [1.54, 1.807) is 0 Å². The van der Waals surface area contributed by atoms with E-state index < -0.39 is 5.79 Å². The predicted molar refractivity (Wildman–Crippen MR) is 66.2 cm³/mol. The van der Waals surface area contributed by atoms with Crippen LogP contribution in [0.5, 0.6) is 0 Å². The van der Waals surface area contributed by atoms with E-state index in [0.717, 1.165) is 12.8 Å². The van der Waals surface area contributed by atoms with E-state index in [2.05, 4.69) is 6.92 Å². The standard InChI is InChI=1S/C13H28O3/c1-4-5-6-7-8-9-10-13(15,11-14)16-12(2)3/h12,14-15H,4-11H2,1-3H3. The Bertz CT molecular complexity index is 159. The van der Waals surface area contributed by atoms with E-state index in [4.69, 9.17) is 9.84 Å². The van der Waals surface area contributed by atoms with E-state index in [0.29, 0.717) is 6.42 Å². The van der Waals surface area contributed by atoms with Crippen LogP contribution in [0.2, 0.25) is 0 Å². The smallest absolute Gasteiger partial charge is 0.189 e. The number of rotatable bonds is 10. The second-order valence-electron chi connectivity index (χ2n) is 4.79. The summed E-state index contributed by atoms with van der Waals surface area (Å²) in [6.07, 6.45) is 7.47. The van der Waals surface area contributed by atoms with Crippen LogP contribution in [0.1, 0.15) is 65.7 Å². The van der Waals surface area contributed by atoms with Gasteiger partial charge in [-0.25, -0.2) is 0 Å². The average Bonchev–Trinajstić information content (AvgIpc) is 2.22. The number of ether oxygens (including phenoxy) is 1. The molecule has 98 valence electrons. The van der Waals surface area contributed by atoms with Crippen molar-refractivity contribution < 1.29 is 14.9 Å². The first-order valence-electron chi connectivity index (χ1n) is 6.55. The second-order valence-corrected chi connectivity index (χ2v) is 4.79. The molecule has 16 heavy (non-hydrogen) atoms. The second kappa shape index (κ2) is 8.97. The lowest BCUT2D eigenvalue weighted by Gasteiger charge is -2.28. The fourth-order valence-corrected chi connectivity index (χ4v) is 1.80. The Balaban J connectivity index is 3.61. The number of aliphatic hydroxyl groups is 2. The molecule has 0 aromatic heterocycles. The molecule has 0 fully saturated rings. The first-order chi connectivity index (χ1) is 7.54. The van der Waals surface area contributed by atoms with Gasteiger partial charge >= 0.3 is 0 Å². The van der Waals surface area contributed by atoms with Gasteiger partial charge in [-0.3, -0.25) is 0 Å². The number of hydrogen-bond acceptors (Lipinski definition) is 3. The third kappa shape index (κ3) is 8.08. The van der Waals surface area contributed by atoms with Gasteiger partial charge in [-0.05, 0) is 20.3 Å². The molecule has 1 atom stereocenters. The van der Waals surface area contributed by atoms with Crippen LogP contribution < -0.4 is 0 Å². The van der Waals surface area contributed by atoms with Gasteiger partial charge in [-0.1, -0.05) is 39.0 Å². The molecular weight excluding hydrogens is 204 g/mol. The van der Waals surface area contributed by atoms with Crippen molar-refractivity contribution in [3.8, 4) is 0 Å². The minimum atomic E-state index is -1.33. The summed E-state index contributed by atoms with van der Waals surface area (Å²) in [4.78, 5) is 0. The average molecular weight is 232 g/mol. The molecule has 0 saturated heterocycles. The zero-order valence-electron chi connectivity index (χ0n) is 11.0. The molecule has 0 heterocycles. The first kappa shape index (κ1) is 15.9. The van der Waals surface area contributed by atoms with E-state index in [1.165, 1.54) is 25.7 Å². The summed E-state index contributed by atoms with van der Waals surface area (Å²) in [7, 11) is 0. The van der Waals surface area contributed by atoms with Crippen molar-refractivity contribution in [2.75, 3.05) is 6.61 Å². The maximum absolute atomic E-state index is 9.92. The molecule has 0 amide bonds. The van der Waals surface area contributed by atoms with Crippen molar-refractivity contribution in [2.45, 2.75) is 77.6 Å². The number of unbranched alkanes of at least 4 members (excludes halogenated alkanes) is 5. The van der Waals surface area contributed by atoms with E-state index in [-0.39, 0.29) is 12.7 Å². The van der Waals surface area contributed by atoms with Crippen molar-refractivity contribution in [3.05, 3.63) is 0 Å². The van der Waals surface area contributed by atoms with Crippen molar-refractivity contribution >= 4 is 0 Å². The number of hydrogen-bond donors (Lipinski definition) is 2. The topological polar surface area (TPSA) is 49.7 Å². The van der Waals surface area contributed by atoms with Crippen molar-refractivity contribution in [2.24, 2.45) is 0 Å². The molecule has 0 aromatic carbocycles. The lowest BCUT2D eigenvalue weighted by atomic mass is 10.1. The highest BCUT2D eigenvalue weighted by Gasteiger charge is 2.27. The molecule has 3 nitrogen and oxygen atoms in total. The summed E-state index contributed by atoms with van der Waals surface area (Å²) >= 11 is 0. The molecule has 1 unspecified atom stereocenters. The summed E-state index contributed by atoms with van der Waals surface area (Å²) in [5, 5.41) is 19.0. The molecule has 0 spiro atoms. The van der Waals surface area contributed by atoms with Crippen LogP contribution in [0.4, 0.5) is 0 Å². The van der Waals surface area contributed by atoms with E-state index >= 15 is 0 Å². The largest absolute Gasteiger partial charge is 0.391 e. The normalized spacial score (nSPS) is 15.4. The molecular formula is C13H28O3. The zero-order valence-corrected chi connectivity index (χ0v) is 11.0. The summed E-state index contributed by atoms with van der Waals surface area (Å²) < 4.78 is 5.32. The fourth-order valence-electron chi connectivity index (χ4n) is 1.80. The Morgan fingerprint density at radius 2 is 1.62 bits per heavy atom. The van der Waals surface area contributed by atoms with Gasteiger partial charge in [-0.15, -0.1) is 0 Å². The lowest BCUT2D eigenvalue weighted by Crippen LogP contribution is -2.38. The fraction of sp³-hybridized carbons (Fsp3) is 1.00. The Labute approximate surface area is 99.8 Å². The van der Waals surface area contributed by atoms with Gasteiger partial charge in [0.25, 0.3) is 0 Å². The minimum Gasteiger partial charge on any atom is -0.391 e. The van der Waals surface area contributed by atoms with Crippen molar-refractivity contribution in [1.82, 2.24) is 0 Å². The molecule has 0 aliphatic rings. The minimum absolute atomic E-state index is 0.0581. The predicted octanol–water partition coefficient (Wildman–Crippen LogP) is 2.84. The molecule has 0 rings (SSSR count). The van der Waals surface area contributed by atoms with E-state index in [1.807, 2.05) is 13.8 Å². The first-order valence-corrected chi connectivity index (χ1v) is 6.55. The lowest BCUT2D eigenvalue weighted by molar-refractivity contribution is -0.245. The van der Waals surface area contributed by atoms with Crippen LogP contribution in [0, 0.1) is 0 Å². The van der Waals surface area contributed by atoms with Crippen LogP contribution in [0.15, 0.2) is 0 Å². The van der Waals surface area contributed by atoms with Crippen LogP contribution in [0.25, 0.3) is 0 Å². The Kier molecular flexibility index (Phi) is 8.90. The third-order valence-corrected chi connectivity index (χ3v) is 2.62. The van der Waals surface area contributed by atoms with Crippen LogP contribution in [0.3, 0.4) is 0 Å². The Morgan fingerprint density at radius 3 is 2.12 bits per heavy atom. The van der Waals surface area contributed by atoms with Crippen molar-refractivity contribution in [1.29, 1.82) is 0 Å². The Morgan fingerprint density at radius 1 is 1.06 bits per heavy atom. The van der Waals surface area contributed by atoms with Crippen molar-refractivity contribution in [3.63, 3.8) is 0 Å². The third-order valence-electron chi connectivity index (χ3n) is 2.62. The quantitative estimate of drug-likeness (QED) is 0.450. The van der Waals surface area contributed by atoms with Gasteiger partial charge in [-0.2, -0.15) is 0 Å². The van der Waals surface area contributed by atoms with Gasteiger partial charge in [0.05, 0.1) is 12.7 Å². The summed E-state index contributed by atoms with van der Waals surface area (Å²) in [5.74, 6) is -1.33. The summed E-state index contributed by atoms with van der Waals surface area (Å²) in [5.41, 5.74) is 0. The monoisotopic (exact) mass is 232 g/mol. The summed E-state index contributed by atoms with van der Waals surface area (Å²) in [6.45, 7) is 5.60. The van der Waals surface area contributed by atoms with Crippen LogP contribution >= 0.6 is 0 Å². The highest BCUT2D eigenvalue weighted by molar-refractivity contribution is 4.67. The van der Waals surface area contributed by atoms with Gasteiger partial charge in [0.15, 0.2) is 5.79 Å². The van der Waals surface area contributed by atoms with Gasteiger partial charge < -0.3 is 14.9 Å². The maximum Gasteiger partial charge on any atom is 0.189 e. The SMILES string of the molecule is CCCCCCCCC(O)(CO)OC(C)C. The molecule has 3 heteroatoms. The molecule has 0 aromatic rings. The summed E-state index contributed by atoms with van der Waals surface area (Å²) in [6, 6.07) is 0. The van der Waals surface area contributed by atoms with E-state index in [9.17, 15) is 5.11 Å². The van der Waals surface area contributed by atoms with Crippen LogP contribution in [-0.2, 0) is 4.74 Å². The molecule has 0 aliphatic carbocycles.